The molecule has 0 bridgehead atoms. The van der Waals surface area contributed by atoms with E-state index in [0.717, 1.165) is 4.90 Å². The number of carbonyl (C=O) groups excluding carboxylic acids is 6. The lowest BCUT2D eigenvalue weighted by Crippen LogP contribution is -2.58. The zero-order valence-electron chi connectivity index (χ0n) is 26.9. The van der Waals surface area contributed by atoms with E-state index in [1.807, 2.05) is 41.5 Å². The molecule has 41 heavy (non-hydrogen) atoms. The zero-order chi connectivity index (χ0) is 32.4. The molecular formula is C28H53N7O6. The molecule has 0 aromatic heterocycles. The maximum Gasteiger partial charge on any atom is 0.326 e. The first kappa shape index (κ1) is 37.8. The molecule has 0 aromatic rings. The predicted octanol–water partition coefficient (Wildman–Crippen LogP) is 0.523. The zero-order valence-corrected chi connectivity index (χ0v) is 26.9. The van der Waals surface area contributed by atoms with Crippen LogP contribution >= 0.6 is 0 Å². The summed E-state index contributed by atoms with van der Waals surface area (Å²) in [5.74, 6) is -2.51. The van der Waals surface area contributed by atoms with Gasteiger partial charge in [0.15, 0.2) is 0 Å². The molecule has 13 heteroatoms. The van der Waals surface area contributed by atoms with E-state index in [1.165, 1.54) is 51.8 Å². The highest BCUT2D eigenvalue weighted by Gasteiger charge is 2.35. The summed E-state index contributed by atoms with van der Waals surface area (Å²) in [5.41, 5.74) is 6.02. The molecule has 5 atom stereocenters. The van der Waals surface area contributed by atoms with Crippen molar-refractivity contribution in [3.05, 3.63) is 0 Å². The van der Waals surface area contributed by atoms with Gasteiger partial charge in [-0.05, 0) is 44.4 Å². The Morgan fingerprint density at radius 1 is 0.634 bits per heavy atom. The van der Waals surface area contributed by atoms with E-state index in [0.29, 0.717) is 12.8 Å². The highest BCUT2D eigenvalue weighted by atomic mass is 16.2. The Bertz CT molecular complexity index is 939. The first-order valence-corrected chi connectivity index (χ1v) is 14.2. The predicted molar refractivity (Wildman–Crippen MR) is 157 cm³/mol. The number of nitrogens with zero attached hydrogens (tertiary/aromatic N) is 3. The van der Waals surface area contributed by atoms with Crippen LogP contribution in [0, 0.1) is 17.8 Å². The summed E-state index contributed by atoms with van der Waals surface area (Å²) in [6, 6.07) is -5.24. The van der Waals surface area contributed by atoms with E-state index in [2.05, 4.69) is 16.0 Å². The molecular weight excluding hydrogens is 530 g/mol. The van der Waals surface area contributed by atoms with Gasteiger partial charge in [0.05, 0.1) is 6.04 Å². The van der Waals surface area contributed by atoms with Gasteiger partial charge in [-0.3, -0.25) is 28.9 Å². The Hall–Kier alpha value is -3.22. The standard InChI is InChI=1S/C28H53N7O6/c1-15(2)13-20(24(37)30-9)34(11)28(41)35(12)26(39)19(8)32-23(36)18(7)31-25(38)21(14-16(3)4)33(10)27(40)22(29)17(5)6/h15-22H,13-14,29H2,1-12H3,(H,30,37)(H,31,38)(H,32,36)/t18-,19+,20?,21-,22-/m0/s1. The molecule has 0 aliphatic heterocycles. The third-order valence-electron chi connectivity index (χ3n) is 6.93. The molecule has 5 N–H and O–H groups in total. The molecule has 0 radical (unpaired) electrons. The molecule has 0 saturated heterocycles. The fourth-order valence-electron chi connectivity index (χ4n) is 4.15. The monoisotopic (exact) mass is 583 g/mol. The molecule has 1 unspecified atom stereocenters. The fraction of sp³-hybridized carbons (Fsp3) is 0.786. The van der Waals surface area contributed by atoms with E-state index >= 15 is 0 Å². The third-order valence-corrected chi connectivity index (χ3v) is 6.93. The van der Waals surface area contributed by atoms with E-state index < -0.39 is 54.0 Å². The summed E-state index contributed by atoms with van der Waals surface area (Å²) in [6.07, 6.45) is 0.756. The summed E-state index contributed by atoms with van der Waals surface area (Å²) < 4.78 is 0. The lowest BCUT2D eigenvalue weighted by Gasteiger charge is -2.32. The number of nitrogens with one attached hydrogen (secondary N) is 3. The lowest BCUT2D eigenvalue weighted by atomic mass is 9.98. The molecule has 0 aromatic carbocycles. The highest BCUT2D eigenvalue weighted by molar-refractivity contribution is 6.00. The minimum atomic E-state index is -1.10. The van der Waals surface area contributed by atoms with E-state index in [4.69, 9.17) is 5.73 Å². The Balaban J connectivity index is 5.46. The van der Waals surface area contributed by atoms with Gasteiger partial charge in [0.2, 0.25) is 23.6 Å². The van der Waals surface area contributed by atoms with Crippen molar-refractivity contribution in [3.63, 3.8) is 0 Å². The topological polar surface area (TPSA) is 174 Å². The van der Waals surface area contributed by atoms with Gasteiger partial charge in [-0.2, -0.15) is 0 Å². The van der Waals surface area contributed by atoms with E-state index in [-0.39, 0.29) is 29.6 Å². The van der Waals surface area contributed by atoms with Gasteiger partial charge < -0.3 is 31.5 Å². The van der Waals surface area contributed by atoms with Crippen LogP contribution in [0.2, 0.25) is 0 Å². The van der Waals surface area contributed by atoms with Crippen molar-refractivity contribution in [2.45, 2.75) is 98.4 Å². The molecule has 0 heterocycles. The van der Waals surface area contributed by atoms with Crippen LogP contribution in [0.3, 0.4) is 0 Å². The highest BCUT2D eigenvalue weighted by Crippen LogP contribution is 2.15. The Morgan fingerprint density at radius 3 is 1.49 bits per heavy atom. The summed E-state index contributed by atoms with van der Waals surface area (Å²) in [7, 11) is 5.71. The number of imide groups is 1. The number of hydrogen-bond donors (Lipinski definition) is 4. The van der Waals surface area contributed by atoms with Crippen LogP contribution in [0.25, 0.3) is 0 Å². The van der Waals surface area contributed by atoms with Crippen LogP contribution in [0.15, 0.2) is 0 Å². The van der Waals surface area contributed by atoms with Crippen LogP contribution in [-0.2, 0) is 24.0 Å². The summed E-state index contributed by atoms with van der Waals surface area (Å²) in [5, 5.41) is 7.69. The number of likely N-dealkylation sites (N-methyl/N-ethyl adjacent to an activating group) is 4. The van der Waals surface area contributed by atoms with Crippen LogP contribution in [0.4, 0.5) is 4.79 Å². The Kier molecular flexibility index (Phi) is 15.6. The molecule has 0 aliphatic rings. The SMILES string of the molecule is CNC(=O)C(CC(C)C)N(C)C(=O)N(C)C(=O)[C@@H](C)NC(=O)[C@H](C)NC(=O)[C@H](CC(C)C)N(C)C(=O)[C@@H](N)C(C)C. The fourth-order valence-corrected chi connectivity index (χ4v) is 4.15. The van der Waals surface area contributed by atoms with Gasteiger partial charge in [-0.15, -0.1) is 0 Å². The van der Waals surface area contributed by atoms with Crippen molar-refractivity contribution in [2.75, 3.05) is 28.2 Å². The van der Waals surface area contributed by atoms with Gasteiger partial charge in [-0.25, -0.2) is 4.79 Å². The number of carbonyl (C=O) groups is 6. The average Bonchev–Trinajstić information content (AvgIpc) is 2.90. The van der Waals surface area contributed by atoms with Gasteiger partial charge in [0.1, 0.15) is 24.2 Å². The van der Waals surface area contributed by atoms with E-state index in [1.54, 1.807) is 0 Å². The molecule has 13 nitrogen and oxygen atoms in total. The average molecular weight is 584 g/mol. The number of urea groups is 1. The van der Waals surface area contributed by atoms with Gasteiger partial charge in [0.25, 0.3) is 5.91 Å². The Morgan fingerprint density at radius 2 is 1.07 bits per heavy atom. The second kappa shape index (κ2) is 16.9. The van der Waals surface area contributed by atoms with Crippen LogP contribution in [0.1, 0.15) is 68.2 Å². The molecule has 236 valence electrons. The third kappa shape index (κ3) is 11.3. The van der Waals surface area contributed by atoms with Crippen molar-refractivity contribution < 1.29 is 28.8 Å². The molecule has 0 rings (SSSR count). The maximum atomic E-state index is 13.2. The lowest BCUT2D eigenvalue weighted by molar-refractivity contribution is -0.142. The van der Waals surface area contributed by atoms with Gasteiger partial charge >= 0.3 is 6.03 Å². The number of hydrogen-bond acceptors (Lipinski definition) is 7. The largest absolute Gasteiger partial charge is 0.357 e. The molecule has 0 fully saturated rings. The van der Waals surface area contributed by atoms with Crippen molar-refractivity contribution in [2.24, 2.45) is 23.5 Å². The normalized spacial score (nSPS) is 14.9. The van der Waals surface area contributed by atoms with Gasteiger partial charge in [-0.1, -0.05) is 41.5 Å². The van der Waals surface area contributed by atoms with Crippen molar-refractivity contribution in [1.82, 2.24) is 30.7 Å². The quantitative estimate of drug-likeness (QED) is 0.231. The maximum absolute atomic E-state index is 13.2. The minimum Gasteiger partial charge on any atom is -0.357 e. The number of nitrogens with two attached hydrogens (primary N) is 1. The molecule has 0 saturated carbocycles. The van der Waals surface area contributed by atoms with Gasteiger partial charge in [0, 0.05) is 28.2 Å². The molecule has 0 spiro atoms. The summed E-state index contributed by atoms with van der Waals surface area (Å²) >= 11 is 0. The minimum absolute atomic E-state index is 0.0767. The molecule has 7 amide bonds. The number of rotatable bonds is 14. The van der Waals surface area contributed by atoms with Crippen molar-refractivity contribution >= 4 is 35.6 Å². The smallest absolute Gasteiger partial charge is 0.326 e. The molecule has 0 aliphatic carbocycles. The van der Waals surface area contributed by atoms with Crippen LogP contribution < -0.4 is 21.7 Å². The summed E-state index contributed by atoms with van der Waals surface area (Å²) in [6.45, 7) is 14.2. The number of amides is 7. The van der Waals surface area contributed by atoms with E-state index in [9.17, 15) is 28.8 Å². The first-order chi connectivity index (χ1) is 18.8. The van der Waals surface area contributed by atoms with Crippen LogP contribution in [-0.4, -0.2) is 109 Å². The van der Waals surface area contributed by atoms with Crippen molar-refractivity contribution in [3.8, 4) is 0 Å². The van der Waals surface area contributed by atoms with Crippen LogP contribution in [0.5, 0.6) is 0 Å². The second-order valence-corrected chi connectivity index (χ2v) is 11.9. The van der Waals surface area contributed by atoms with Crippen molar-refractivity contribution in [1.29, 1.82) is 0 Å². The first-order valence-electron chi connectivity index (χ1n) is 14.2. The Labute approximate surface area is 245 Å². The second-order valence-electron chi connectivity index (χ2n) is 11.9. The summed E-state index contributed by atoms with van der Waals surface area (Å²) in [4.78, 5) is 80.6.